The van der Waals surface area contributed by atoms with E-state index in [9.17, 15) is 9.18 Å². The molecule has 0 aromatic carbocycles. The Morgan fingerprint density at radius 1 is 1.69 bits per heavy atom. The molecule has 0 unspecified atom stereocenters. The van der Waals surface area contributed by atoms with E-state index in [4.69, 9.17) is 5.11 Å². The number of nitrogens with zero attached hydrogens (tertiary/aromatic N) is 2. The minimum absolute atomic E-state index is 0.0308. The first-order valence-corrected chi connectivity index (χ1v) is 4.80. The van der Waals surface area contributed by atoms with Crippen LogP contribution in [0, 0.1) is 5.82 Å². The van der Waals surface area contributed by atoms with Gasteiger partial charge in [-0.25, -0.2) is 9.37 Å². The molecule has 0 saturated heterocycles. The van der Waals surface area contributed by atoms with Crippen molar-refractivity contribution >= 4 is 11.7 Å². The highest BCUT2D eigenvalue weighted by atomic mass is 19.1. The largest absolute Gasteiger partial charge is 0.395 e. The second-order valence-electron chi connectivity index (χ2n) is 3.22. The summed E-state index contributed by atoms with van der Waals surface area (Å²) in [7, 11) is 3.02. The molecule has 16 heavy (non-hydrogen) atoms. The van der Waals surface area contributed by atoms with E-state index in [2.05, 4.69) is 10.3 Å². The SMILES string of the molecule is CNc1nccc(C(=O)N(C)CCO)c1F. The summed E-state index contributed by atoms with van der Waals surface area (Å²) < 4.78 is 13.7. The summed E-state index contributed by atoms with van der Waals surface area (Å²) in [6, 6.07) is 1.31. The van der Waals surface area contributed by atoms with Crippen molar-refractivity contribution in [2.75, 3.05) is 32.6 Å². The molecule has 0 spiro atoms. The maximum atomic E-state index is 13.7. The zero-order valence-electron chi connectivity index (χ0n) is 9.20. The molecule has 6 heteroatoms. The second kappa shape index (κ2) is 5.41. The predicted octanol–water partition coefficient (Wildman–Crippen LogP) is 0.327. The van der Waals surface area contributed by atoms with Gasteiger partial charge in [0, 0.05) is 26.8 Å². The van der Waals surface area contributed by atoms with Gasteiger partial charge in [0.2, 0.25) is 0 Å². The summed E-state index contributed by atoms with van der Waals surface area (Å²) in [6.45, 7) is 0.00328. The topological polar surface area (TPSA) is 65.5 Å². The monoisotopic (exact) mass is 227 g/mol. The number of nitrogens with one attached hydrogen (secondary N) is 1. The Morgan fingerprint density at radius 3 is 2.94 bits per heavy atom. The minimum Gasteiger partial charge on any atom is -0.395 e. The molecule has 2 N–H and O–H groups in total. The van der Waals surface area contributed by atoms with Crippen molar-refractivity contribution in [3.8, 4) is 0 Å². The lowest BCUT2D eigenvalue weighted by molar-refractivity contribution is 0.0762. The van der Waals surface area contributed by atoms with Crippen LogP contribution in [-0.4, -0.2) is 48.1 Å². The van der Waals surface area contributed by atoms with Crippen molar-refractivity contribution in [2.24, 2.45) is 0 Å². The van der Waals surface area contributed by atoms with E-state index in [1.807, 2.05) is 0 Å². The van der Waals surface area contributed by atoms with Crippen LogP contribution < -0.4 is 5.32 Å². The molecule has 88 valence electrons. The van der Waals surface area contributed by atoms with Crippen LogP contribution in [0.1, 0.15) is 10.4 Å². The molecule has 0 aliphatic heterocycles. The van der Waals surface area contributed by atoms with Crippen molar-refractivity contribution in [1.29, 1.82) is 0 Å². The molecule has 0 radical (unpaired) electrons. The third kappa shape index (κ3) is 2.46. The van der Waals surface area contributed by atoms with E-state index >= 15 is 0 Å². The molecule has 0 aliphatic carbocycles. The molecule has 1 rings (SSSR count). The number of carbonyl (C=O) groups is 1. The number of hydrogen-bond donors (Lipinski definition) is 2. The Hall–Kier alpha value is -1.69. The molecule has 5 nitrogen and oxygen atoms in total. The first-order chi connectivity index (χ1) is 7.61. The van der Waals surface area contributed by atoms with Crippen LogP contribution in [0.3, 0.4) is 0 Å². The number of likely N-dealkylation sites (N-methyl/N-ethyl adjacent to an activating group) is 1. The fraction of sp³-hybridized carbons (Fsp3) is 0.400. The van der Waals surface area contributed by atoms with Crippen LogP contribution in [0.15, 0.2) is 12.3 Å². The fourth-order valence-electron chi connectivity index (χ4n) is 1.24. The number of anilines is 1. The average Bonchev–Trinajstić information content (AvgIpc) is 2.29. The normalized spacial score (nSPS) is 10.0. The van der Waals surface area contributed by atoms with Gasteiger partial charge in [0.15, 0.2) is 11.6 Å². The lowest BCUT2D eigenvalue weighted by atomic mass is 10.2. The highest BCUT2D eigenvalue weighted by molar-refractivity contribution is 5.95. The Kier molecular flexibility index (Phi) is 4.19. The molecule has 1 aromatic heterocycles. The van der Waals surface area contributed by atoms with Gasteiger partial charge in [-0.15, -0.1) is 0 Å². The highest BCUT2D eigenvalue weighted by Gasteiger charge is 2.18. The maximum absolute atomic E-state index is 13.7. The Morgan fingerprint density at radius 2 is 2.38 bits per heavy atom. The van der Waals surface area contributed by atoms with Gasteiger partial charge < -0.3 is 15.3 Å². The lowest BCUT2D eigenvalue weighted by Crippen LogP contribution is -2.30. The van der Waals surface area contributed by atoms with Crippen LogP contribution in [0.25, 0.3) is 0 Å². The Bertz CT molecular complexity index is 384. The third-order valence-corrected chi connectivity index (χ3v) is 2.14. The van der Waals surface area contributed by atoms with E-state index in [1.54, 1.807) is 0 Å². The number of pyridine rings is 1. The van der Waals surface area contributed by atoms with E-state index in [-0.39, 0.29) is 24.5 Å². The Labute approximate surface area is 92.9 Å². The van der Waals surface area contributed by atoms with Crippen molar-refractivity contribution in [3.05, 3.63) is 23.6 Å². The molecular formula is C10H14FN3O2. The quantitative estimate of drug-likeness (QED) is 0.777. The first-order valence-electron chi connectivity index (χ1n) is 4.80. The number of carbonyl (C=O) groups excluding carboxylic acids is 1. The summed E-state index contributed by atoms with van der Waals surface area (Å²) in [4.78, 5) is 16.7. The number of amides is 1. The van der Waals surface area contributed by atoms with Gasteiger partial charge in [-0.2, -0.15) is 0 Å². The van der Waals surface area contributed by atoms with Gasteiger partial charge in [-0.1, -0.05) is 0 Å². The van der Waals surface area contributed by atoms with Crippen molar-refractivity contribution in [2.45, 2.75) is 0 Å². The Balaban J connectivity index is 2.99. The van der Waals surface area contributed by atoms with Gasteiger partial charge >= 0.3 is 0 Å². The molecule has 0 saturated carbocycles. The van der Waals surface area contributed by atoms with Crippen LogP contribution in [0.2, 0.25) is 0 Å². The summed E-state index contributed by atoms with van der Waals surface area (Å²) in [5.74, 6) is -1.13. The lowest BCUT2D eigenvalue weighted by Gasteiger charge is -2.16. The third-order valence-electron chi connectivity index (χ3n) is 2.14. The fourth-order valence-corrected chi connectivity index (χ4v) is 1.24. The first kappa shape index (κ1) is 12.4. The number of rotatable bonds is 4. The molecule has 0 bridgehead atoms. The van der Waals surface area contributed by atoms with Crippen molar-refractivity contribution < 1.29 is 14.3 Å². The van der Waals surface area contributed by atoms with E-state index in [0.717, 1.165) is 0 Å². The highest BCUT2D eigenvalue weighted by Crippen LogP contribution is 2.15. The van der Waals surface area contributed by atoms with E-state index in [1.165, 1.54) is 31.3 Å². The minimum atomic E-state index is -0.681. The molecule has 0 atom stereocenters. The van der Waals surface area contributed by atoms with Crippen molar-refractivity contribution in [3.63, 3.8) is 0 Å². The zero-order chi connectivity index (χ0) is 12.1. The van der Waals surface area contributed by atoms with Crippen LogP contribution in [0.4, 0.5) is 10.2 Å². The van der Waals surface area contributed by atoms with Crippen molar-refractivity contribution in [1.82, 2.24) is 9.88 Å². The zero-order valence-corrected chi connectivity index (χ0v) is 9.20. The van der Waals surface area contributed by atoms with Gasteiger partial charge in [0.25, 0.3) is 5.91 Å². The standard InChI is InChI=1S/C10H14FN3O2/c1-12-9-8(11)7(3-4-13-9)10(16)14(2)5-6-15/h3-4,15H,5-6H2,1-2H3,(H,12,13). The summed E-state index contributed by atoms with van der Waals surface area (Å²) in [5.41, 5.74) is -0.0599. The average molecular weight is 227 g/mol. The summed E-state index contributed by atoms with van der Waals surface area (Å²) in [6.07, 6.45) is 1.36. The molecule has 1 aromatic rings. The van der Waals surface area contributed by atoms with Crippen LogP contribution in [0.5, 0.6) is 0 Å². The molecule has 0 aliphatic rings. The number of aliphatic hydroxyl groups excluding tert-OH is 1. The smallest absolute Gasteiger partial charge is 0.256 e. The van der Waals surface area contributed by atoms with E-state index in [0.29, 0.717) is 0 Å². The number of halogens is 1. The maximum Gasteiger partial charge on any atom is 0.256 e. The predicted molar refractivity (Wildman–Crippen MR) is 57.8 cm³/mol. The van der Waals surface area contributed by atoms with E-state index < -0.39 is 11.7 Å². The van der Waals surface area contributed by atoms with Gasteiger partial charge in [0.1, 0.15) is 0 Å². The number of aliphatic hydroxyl groups is 1. The second-order valence-corrected chi connectivity index (χ2v) is 3.22. The molecule has 1 amide bonds. The van der Waals surface area contributed by atoms with Gasteiger partial charge in [0.05, 0.1) is 12.2 Å². The van der Waals surface area contributed by atoms with Crippen LogP contribution >= 0.6 is 0 Å². The number of aromatic nitrogens is 1. The molecule has 0 fully saturated rings. The molecule has 1 heterocycles. The summed E-state index contributed by atoms with van der Waals surface area (Å²) in [5, 5.41) is 11.2. The molecular weight excluding hydrogens is 213 g/mol. The van der Waals surface area contributed by atoms with Crippen LogP contribution in [-0.2, 0) is 0 Å². The van der Waals surface area contributed by atoms with Gasteiger partial charge in [-0.05, 0) is 6.07 Å². The summed E-state index contributed by atoms with van der Waals surface area (Å²) >= 11 is 0. The number of hydrogen-bond acceptors (Lipinski definition) is 4. The van der Waals surface area contributed by atoms with Gasteiger partial charge in [-0.3, -0.25) is 4.79 Å².